The number of halogens is 6. The summed E-state index contributed by atoms with van der Waals surface area (Å²) in [6.07, 6.45) is -4.19. The number of anilines is 1. The third-order valence-electron chi connectivity index (χ3n) is 5.22. The number of alkyl halides is 6. The number of amides is 1. The summed E-state index contributed by atoms with van der Waals surface area (Å²) in [5.41, 5.74) is 2.29. The first-order valence-electron chi connectivity index (χ1n) is 12.2. The Labute approximate surface area is 248 Å². The number of pyridine rings is 1. The van der Waals surface area contributed by atoms with Crippen LogP contribution in [0.4, 0.5) is 32.0 Å². The van der Waals surface area contributed by atoms with Crippen molar-refractivity contribution in [1.82, 2.24) is 15.2 Å². The molecule has 2 aromatic heterocycles. The Morgan fingerprint density at radius 2 is 1.53 bits per heavy atom. The molecule has 0 aliphatic carbocycles. The number of carbonyl (C=O) groups excluding carboxylic acids is 1. The van der Waals surface area contributed by atoms with Gasteiger partial charge in [0.15, 0.2) is 17.2 Å². The van der Waals surface area contributed by atoms with Crippen molar-refractivity contribution in [2.75, 3.05) is 11.9 Å². The number of hydrogen-bond acceptors (Lipinski definition) is 8. The molecular weight excluding hydrogens is 622 g/mol. The van der Waals surface area contributed by atoms with Gasteiger partial charge in [-0.05, 0) is 42.0 Å². The molecule has 2 aromatic carbocycles. The van der Waals surface area contributed by atoms with E-state index in [0.29, 0.717) is 28.7 Å². The van der Waals surface area contributed by atoms with E-state index in [1.165, 1.54) is 0 Å². The minimum Gasteiger partial charge on any atom is -0.485 e. The van der Waals surface area contributed by atoms with Gasteiger partial charge in [-0.15, -0.1) is 0 Å². The molecule has 5 rings (SSSR count). The van der Waals surface area contributed by atoms with Crippen molar-refractivity contribution in [2.24, 2.45) is 0 Å². The van der Waals surface area contributed by atoms with Crippen LogP contribution in [0.3, 0.4) is 0 Å². The second kappa shape index (κ2) is 14.6. The average Bonchev–Trinajstić information content (AvgIpc) is 3.53. The summed E-state index contributed by atoms with van der Waals surface area (Å²) in [6, 6.07) is 16.3. The normalized spacial score (nSPS) is 13.6. The highest BCUT2D eigenvalue weighted by Crippen LogP contribution is 2.35. The molecule has 238 valence electrons. The number of carboxylic acids is 2. The zero-order valence-electron chi connectivity index (χ0n) is 22.3. The maximum atomic E-state index is 12.9. The number of ether oxygens (including phenoxy) is 3. The minimum absolute atomic E-state index is 0.120. The highest BCUT2D eigenvalue weighted by Gasteiger charge is 2.39. The Kier molecular flexibility index (Phi) is 10.9. The number of H-pyrrole nitrogens is 1. The van der Waals surface area contributed by atoms with Gasteiger partial charge in [0.2, 0.25) is 6.10 Å². The van der Waals surface area contributed by atoms with Gasteiger partial charge >= 0.3 is 24.3 Å². The topological polar surface area (TPSA) is 173 Å². The number of aromatic amines is 1. The fraction of sp³-hybridized carbons (Fsp3) is 0.148. The Bertz CT molecular complexity index is 1580. The molecule has 45 heavy (non-hydrogen) atoms. The van der Waals surface area contributed by atoms with E-state index in [2.05, 4.69) is 20.5 Å². The number of aromatic nitrogens is 3. The molecule has 0 bridgehead atoms. The van der Waals surface area contributed by atoms with E-state index in [0.717, 1.165) is 11.1 Å². The summed E-state index contributed by atoms with van der Waals surface area (Å²) >= 11 is 0. The predicted molar refractivity (Wildman–Crippen MR) is 141 cm³/mol. The van der Waals surface area contributed by atoms with Crippen LogP contribution in [0.5, 0.6) is 23.0 Å². The third kappa shape index (κ3) is 10.2. The molecule has 4 N–H and O–H groups in total. The van der Waals surface area contributed by atoms with E-state index < -0.39 is 30.4 Å². The number of nitrogens with one attached hydrogen (secondary N) is 2. The number of carbonyl (C=O) groups is 3. The molecule has 1 atom stereocenters. The molecule has 0 fully saturated rings. The van der Waals surface area contributed by atoms with Crippen LogP contribution in [0.2, 0.25) is 0 Å². The Balaban J connectivity index is 0.000000331. The first kappa shape index (κ1) is 33.7. The van der Waals surface area contributed by atoms with Gasteiger partial charge < -0.3 is 29.7 Å². The molecule has 3 heterocycles. The number of hydrogen-bond donors (Lipinski definition) is 4. The molecule has 1 unspecified atom stereocenters. The van der Waals surface area contributed by atoms with Crippen LogP contribution < -0.4 is 19.5 Å². The molecule has 0 saturated heterocycles. The lowest BCUT2D eigenvalue weighted by Gasteiger charge is -2.25. The van der Waals surface area contributed by atoms with Crippen LogP contribution in [0.15, 0.2) is 79.4 Å². The first-order chi connectivity index (χ1) is 21.1. The number of nitrogens with zero attached hydrogens (tertiary/aromatic N) is 2. The van der Waals surface area contributed by atoms with Crippen molar-refractivity contribution in [3.63, 3.8) is 0 Å². The summed E-state index contributed by atoms with van der Waals surface area (Å²) < 4.78 is 80.9. The summed E-state index contributed by atoms with van der Waals surface area (Å²) in [5, 5.41) is 23.9. The molecular formula is C27H20F6N4O8. The largest absolute Gasteiger partial charge is 0.490 e. The summed E-state index contributed by atoms with van der Waals surface area (Å²) in [5.74, 6) is -3.67. The summed E-state index contributed by atoms with van der Waals surface area (Å²) in [7, 11) is 0. The van der Waals surface area contributed by atoms with Gasteiger partial charge in [0.25, 0.3) is 5.91 Å². The minimum atomic E-state index is -5.08. The zero-order chi connectivity index (χ0) is 33.2. The van der Waals surface area contributed by atoms with Crippen molar-refractivity contribution < 1.29 is 65.1 Å². The highest BCUT2D eigenvalue weighted by molar-refractivity contribution is 5.96. The van der Waals surface area contributed by atoms with Crippen LogP contribution in [-0.4, -0.2) is 68.3 Å². The highest BCUT2D eigenvalue weighted by atomic mass is 19.4. The van der Waals surface area contributed by atoms with Gasteiger partial charge in [-0.3, -0.25) is 14.9 Å². The van der Waals surface area contributed by atoms with Gasteiger partial charge in [-0.2, -0.15) is 31.4 Å². The monoisotopic (exact) mass is 642 g/mol. The van der Waals surface area contributed by atoms with E-state index in [1.54, 1.807) is 55.1 Å². The number of rotatable bonds is 5. The molecule has 18 heteroatoms. The maximum Gasteiger partial charge on any atom is 0.490 e. The van der Waals surface area contributed by atoms with Crippen LogP contribution >= 0.6 is 0 Å². The van der Waals surface area contributed by atoms with Crippen molar-refractivity contribution in [3.8, 4) is 34.1 Å². The van der Waals surface area contributed by atoms with Crippen LogP contribution in [0.25, 0.3) is 11.1 Å². The molecule has 4 aromatic rings. The molecule has 1 aliphatic rings. The number of benzene rings is 2. The fourth-order valence-corrected chi connectivity index (χ4v) is 3.19. The molecule has 1 aliphatic heterocycles. The van der Waals surface area contributed by atoms with Crippen LogP contribution in [0.1, 0.15) is 0 Å². The standard InChI is InChI=1S/C23H18N4O4.2C2HF3O2/c28-23(22-14-29-19-5-1-2-6-20(19)31-22)27-18-8-7-15(16-11-25-26-12-16)10-21(18)30-17-4-3-9-24-13-17;2*3-2(4,5)1(6)7/h1-13,22H,14H2,(H,25,26)(H,27,28);2*(H,6,7). The molecule has 12 nitrogen and oxygen atoms in total. The lowest BCUT2D eigenvalue weighted by molar-refractivity contribution is -0.193. The second-order valence-electron chi connectivity index (χ2n) is 8.45. The zero-order valence-corrected chi connectivity index (χ0v) is 22.3. The van der Waals surface area contributed by atoms with Crippen molar-refractivity contribution >= 4 is 23.5 Å². The van der Waals surface area contributed by atoms with Gasteiger partial charge in [0, 0.05) is 18.0 Å². The quantitative estimate of drug-likeness (QED) is 0.209. The number of carboxylic acid groups (broad SMARTS) is 2. The molecule has 0 radical (unpaired) electrons. The van der Waals surface area contributed by atoms with E-state index in [9.17, 15) is 31.1 Å². The van der Waals surface area contributed by atoms with Crippen LogP contribution in [-0.2, 0) is 14.4 Å². The van der Waals surface area contributed by atoms with E-state index >= 15 is 0 Å². The van der Waals surface area contributed by atoms with Gasteiger partial charge in [-0.1, -0.05) is 18.2 Å². The van der Waals surface area contributed by atoms with Crippen molar-refractivity contribution in [2.45, 2.75) is 18.5 Å². The smallest absolute Gasteiger partial charge is 0.485 e. The Morgan fingerprint density at radius 1 is 0.889 bits per heavy atom. The summed E-state index contributed by atoms with van der Waals surface area (Å²) in [6.45, 7) is 0.120. The van der Waals surface area contributed by atoms with E-state index in [1.807, 2.05) is 24.3 Å². The molecule has 0 saturated carbocycles. The molecule has 0 spiro atoms. The van der Waals surface area contributed by atoms with Crippen LogP contribution in [0, 0.1) is 0 Å². The van der Waals surface area contributed by atoms with Gasteiger partial charge in [0.05, 0.1) is 18.1 Å². The lowest BCUT2D eigenvalue weighted by atomic mass is 10.1. The fourth-order valence-electron chi connectivity index (χ4n) is 3.19. The third-order valence-corrected chi connectivity index (χ3v) is 5.22. The molecule has 1 amide bonds. The first-order valence-corrected chi connectivity index (χ1v) is 12.2. The van der Waals surface area contributed by atoms with E-state index in [4.69, 9.17) is 34.0 Å². The summed E-state index contributed by atoms with van der Waals surface area (Å²) in [4.78, 5) is 34.8. The Morgan fingerprint density at radius 3 is 2.09 bits per heavy atom. The van der Waals surface area contributed by atoms with Gasteiger partial charge in [0.1, 0.15) is 12.4 Å². The van der Waals surface area contributed by atoms with Crippen molar-refractivity contribution in [3.05, 3.63) is 79.4 Å². The van der Waals surface area contributed by atoms with Gasteiger partial charge in [-0.25, -0.2) is 9.59 Å². The lowest BCUT2D eigenvalue weighted by Crippen LogP contribution is -2.40. The van der Waals surface area contributed by atoms with Crippen molar-refractivity contribution in [1.29, 1.82) is 0 Å². The number of aliphatic carboxylic acids is 2. The Hall–Kier alpha value is -5.81. The average molecular weight is 642 g/mol. The number of fused-ring (bicyclic) bond motifs is 1. The maximum absolute atomic E-state index is 12.9. The second-order valence-corrected chi connectivity index (χ2v) is 8.45. The SMILES string of the molecule is O=C(Nc1ccc(-c2cn[nH]c2)cc1Oc1cccnc1)C1COc2ccccc2O1.O=C(O)C(F)(F)F.O=C(O)C(F)(F)F. The van der Waals surface area contributed by atoms with E-state index in [-0.39, 0.29) is 12.5 Å². The predicted octanol–water partition coefficient (Wildman–Crippen LogP) is 5.31. The number of para-hydroxylation sites is 2.